The molecule has 0 aliphatic heterocycles. The molecular weight excluding hydrogens is 300 g/mol. The lowest BCUT2D eigenvalue weighted by Gasteiger charge is -2.12. The zero-order valence-corrected chi connectivity index (χ0v) is 13.2. The summed E-state index contributed by atoms with van der Waals surface area (Å²) >= 11 is 1.67. The van der Waals surface area contributed by atoms with E-state index in [0.717, 1.165) is 24.8 Å². The van der Waals surface area contributed by atoms with Gasteiger partial charge in [-0.25, -0.2) is 0 Å². The molecule has 0 radical (unpaired) electrons. The minimum atomic E-state index is -0.132. The van der Waals surface area contributed by atoms with Crippen molar-refractivity contribution in [3.63, 3.8) is 0 Å². The molecule has 0 fully saturated rings. The van der Waals surface area contributed by atoms with Crippen molar-refractivity contribution in [2.45, 2.75) is 32.2 Å². The number of hydrogen-bond acceptors (Lipinski definition) is 4. The number of likely N-dealkylation sites (N-methyl/N-ethyl adjacent to an activating group) is 1. The average Bonchev–Trinajstić information content (AvgIpc) is 3.13. The summed E-state index contributed by atoms with van der Waals surface area (Å²) in [6.45, 7) is 0.139. The Balaban J connectivity index is 1.69. The van der Waals surface area contributed by atoms with E-state index in [-0.39, 0.29) is 18.4 Å². The minimum absolute atomic E-state index is 0.0982. The van der Waals surface area contributed by atoms with Gasteiger partial charge < -0.3 is 10.6 Å². The van der Waals surface area contributed by atoms with Crippen LogP contribution in [0.1, 0.15) is 33.6 Å². The lowest BCUT2D eigenvalue weighted by molar-refractivity contribution is -0.121. The van der Waals surface area contributed by atoms with Gasteiger partial charge in [-0.2, -0.15) is 5.10 Å². The van der Waals surface area contributed by atoms with Gasteiger partial charge in [-0.15, -0.1) is 11.3 Å². The third-order valence-corrected chi connectivity index (χ3v) is 4.87. The maximum absolute atomic E-state index is 12.4. The average molecular weight is 318 g/mol. The maximum Gasteiger partial charge on any atom is 0.256 e. The number of carbonyl (C=O) groups excluding carboxylic acids is 2. The van der Waals surface area contributed by atoms with Gasteiger partial charge in [0.2, 0.25) is 5.91 Å². The second-order valence-corrected chi connectivity index (χ2v) is 6.28. The SMILES string of the molecule is CNC(=O)Cn1cc(NC(=O)c2csc3c2CCCC3)cn1. The molecule has 3 rings (SSSR count). The molecule has 0 unspecified atom stereocenters. The standard InChI is InChI=1S/C15H18N4O2S/c1-16-14(20)8-19-7-10(6-17-19)18-15(21)12-9-22-13-5-3-2-4-11(12)13/h6-7,9H,2-5,8H2,1H3,(H,16,20)(H,18,21). The first-order valence-electron chi connectivity index (χ1n) is 7.31. The first kappa shape index (κ1) is 14.8. The van der Waals surface area contributed by atoms with Gasteiger partial charge in [0.25, 0.3) is 5.91 Å². The number of rotatable bonds is 4. The van der Waals surface area contributed by atoms with E-state index < -0.39 is 0 Å². The fraction of sp³-hybridized carbons (Fsp3) is 0.400. The highest BCUT2D eigenvalue weighted by Crippen LogP contribution is 2.30. The second kappa shape index (κ2) is 6.31. The highest BCUT2D eigenvalue weighted by atomic mass is 32.1. The monoisotopic (exact) mass is 318 g/mol. The molecule has 22 heavy (non-hydrogen) atoms. The maximum atomic E-state index is 12.4. The Morgan fingerprint density at radius 1 is 1.36 bits per heavy atom. The largest absolute Gasteiger partial charge is 0.358 e. The summed E-state index contributed by atoms with van der Waals surface area (Å²) in [5.41, 5.74) is 2.58. The molecule has 2 amide bonds. The second-order valence-electron chi connectivity index (χ2n) is 5.31. The number of hydrogen-bond donors (Lipinski definition) is 2. The van der Waals surface area contributed by atoms with E-state index in [1.165, 1.54) is 21.5 Å². The first-order valence-corrected chi connectivity index (χ1v) is 8.19. The van der Waals surface area contributed by atoms with Gasteiger partial charge in [0.1, 0.15) is 6.54 Å². The molecular formula is C15H18N4O2S. The first-order chi connectivity index (χ1) is 10.7. The Bertz CT molecular complexity index is 704. The Labute approximate surface area is 132 Å². The summed E-state index contributed by atoms with van der Waals surface area (Å²) in [6, 6.07) is 0. The van der Waals surface area contributed by atoms with Gasteiger partial charge >= 0.3 is 0 Å². The highest BCUT2D eigenvalue weighted by Gasteiger charge is 2.20. The number of anilines is 1. The van der Waals surface area contributed by atoms with E-state index in [0.29, 0.717) is 5.69 Å². The zero-order chi connectivity index (χ0) is 15.5. The predicted molar refractivity (Wildman–Crippen MR) is 85.2 cm³/mol. The van der Waals surface area contributed by atoms with Crippen LogP contribution in [0.5, 0.6) is 0 Å². The number of nitrogens with one attached hydrogen (secondary N) is 2. The van der Waals surface area contributed by atoms with Crippen molar-refractivity contribution in [2.24, 2.45) is 0 Å². The van der Waals surface area contributed by atoms with Crippen LogP contribution in [0.25, 0.3) is 0 Å². The van der Waals surface area contributed by atoms with E-state index >= 15 is 0 Å². The quantitative estimate of drug-likeness (QED) is 0.903. The molecule has 6 nitrogen and oxygen atoms in total. The third kappa shape index (κ3) is 3.04. The Morgan fingerprint density at radius 2 is 2.18 bits per heavy atom. The van der Waals surface area contributed by atoms with Crippen molar-refractivity contribution >= 4 is 28.8 Å². The Hall–Kier alpha value is -2.15. The number of amides is 2. The van der Waals surface area contributed by atoms with Crippen molar-refractivity contribution in [3.05, 3.63) is 33.8 Å². The van der Waals surface area contributed by atoms with E-state index in [4.69, 9.17) is 0 Å². The van der Waals surface area contributed by atoms with Gasteiger partial charge in [0.15, 0.2) is 0 Å². The zero-order valence-electron chi connectivity index (χ0n) is 12.4. The van der Waals surface area contributed by atoms with Crippen LogP contribution >= 0.6 is 11.3 Å². The molecule has 1 aliphatic rings. The summed E-state index contributed by atoms with van der Waals surface area (Å²) < 4.78 is 1.50. The van der Waals surface area contributed by atoms with E-state index in [9.17, 15) is 9.59 Å². The van der Waals surface area contributed by atoms with Crippen LogP contribution in [-0.4, -0.2) is 28.6 Å². The van der Waals surface area contributed by atoms with Crippen molar-refractivity contribution in [1.29, 1.82) is 0 Å². The molecule has 2 heterocycles. The third-order valence-electron chi connectivity index (χ3n) is 3.78. The topological polar surface area (TPSA) is 76.0 Å². The molecule has 0 saturated heterocycles. The van der Waals surface area contributed by atoms with Crippen molar-refractivity contribution in [1.82, 2.24) is 15.1 Å². The molecule has 0 aromatic carbocycles. The highest BCUT2D eigenvalue weighted by molar-refractivity contribution is 7.10. The number of aryl methyl sites for hydroxylation is 1. The van der Waals surface area contributed by atoms with Crippen LogP contribution in [0.15, 0.2) is 17.8 Å². The minimum Gasteiger partial charge on any atom is -0.358 e. The normalized spacial score (nSPS) is 13.5. The van der Waals surface area contributed by atoms with E-state index in [1.807, 2.05) is 5.38 Å². The molecule has 116 valence electrons. The predicted octanol–water partition coefficient (Wildman–Crippen LogP) is 1.82. The van der Waals surface area contributed by atoms with Gasteiger partial charge in [-0.3, -0.25) is 14.3 Å². The number of thiophene rings is 1. The number of aromatic nitrogens is 2. The Kier molecular flexibility index (Phi) is 4.24. The van der Waals surface area contributed by atoms with Crippen LogP contribution in [0.2, 0.25) is 0 Å². The molecule has 7 heteroatoms. The van der Waals surface area contributed by atoms with Crippen LogP contribution in [0, 0.1) is 0 Å². The summed E-state index contributed by atoms with van der Waals surface area (Å²) in [6.07, 6.45) is 7.63. The molecule has 0 bridgehead atoms. The van der Waals surface area contributed by atoms with Crippen molar-refractivity contribution < 1.29 is 9.59 Å². The number of carbonyl (C=O) groups is 2. The molecule has 1 aliphatic carbocycles. The van der Waals surface area contributed by atoms with Gasteiger partial charge in [0, 0.05) is 23.5 Å². The number of fused-ring (bicyclic) bond motifs is 1. The van der Waals surface area contributed by atoms with E-state index in [2.05, 4.69) is 15.7 Å². The lowest BCUT2D eigenvalue weighted by Crippen LogP contribution is -2.23. The van der Waals surface area contributed by atoms with Crippen molar-refractivity contribution in [2.75, 3.05) is 12.4 Å². The van der Waals surface area contributed by atoms with Crippen LogP contribution in [0.3, 0.4) is 0 Å². The van der Waals surface area contributed by atoms with Crippen LogP contribution in [0.4, 0.5) is 5.69 Å². The smallest absolute Gasteiger partial charge is 0.256 e. The van der Waals surface area contributed by atoms with Gasteiger partial charge in [-0.1, -0.05) is 0 Å². The lowest BCUT2D eigenvalue weighted by atomic mass is 9.95. The van der Waals surface area contributed by atoms with Gasteiger partial charge in [-0.05, 0) is 31.2 Å². The summed E-state index contributed by atoms with van der Waals surface area (Å²) in [5.74, 6) is -0.230. The molecule has 2 N–H and O–H groups in total. The van der Waals surface area contributed by atoms with Crippen molar-refractivity contribution in [3.8, 4) is 0 Å². The van der Waals surface area contributed by atoms with E-state index in [1.54, 1.807) is 30.8 Å². The molecule has 2 aromatic rings. The molecule has 0 saturated carbocycles. The summed E-state index contributed by atoms with van der Waals surface area (Å²) in [4.78, 5) is 25.1. The Morgan fingerprint density at radius 3 is 3.00 bits per heavy atom. The fourth-order valence-corrected chi connectivity index (χ4v) is 3.75. The summed E-state index contributed by atoms with van der Waals surface area (Å²) in [5, 5.41) is 11.4. The fourth-order valence-electron chi connectivity index (χ4n) is 2.62. The van der Waals surface area contributed by atoms with Gasteiger partial charge in [0.05, 0.1) is 17.4 Å². The van der Waals surface area contributed by atoms with Crippen LogP contribution < -0.4 is 10.6 Å². The number of nitrogens with zero attached hydrogens (tertiary/aromatic N) is 2. The molecule has 0 atom stereocenters. The van der Waals surface area contributed by atoms with Crippen LogP contribution in [-0.2, 0) is 24.2 Å². The molecule has 0 spiro atoms. The summed E-state index contributed by atoms with van der Waals surface area (Å²) in [7, 11) is 1.58. The molecule has 2 aromatic heterocycles.